The van der Waals surface area contributed by atoms with Gasteiger partial charge in [0.2, 0.25) is 0 Å². The van der Waals surface area contributed by atoms with Crippen molar-refractivity contribution >= 4 is 29.1 Å². The third kappa shape index (κ3) is 2.45. The van der Waals surface area contributed by atoms with E-state index < -0.39 is 5.97 Å². The summed E-state index contributed by atoms with van der Waals surface area (Å²) in [6.45, 7) is 1.95. The van der Waals surface area contributed by atoms with Gasteiger partial charge in [-0.3, -0.25) is 9.69 Å². The monoisotopic (exact) mass is 247 g/mol. The summed E-state index contributed by atoms with van der Waals surface area (Å²) in [4.78, 5) is 12.8. The number of carboxylic acids is 1. The van der Waals surface area contributed by atoms with Crippen molar-refractivity contribution in [2.45, 2.75) is 13.0 Å². The molecule has 1 unspecified atom stereocenters. The van der Waals surface area contributed by atoms with Crippen LogP contribution >= 0.6 is 23.1 Å². The fourth-order valence-electron chi connectivity index (χ4n) is 1.68. The standard InChI is InChI=1S/C8H10ClN3O2S/c9-7-6(10-11-15-7)4-12-2-1-5(3-12)8(13)14/h5H,1-4H2,(H,13,14). The molecule has 1 atom stereocenters. The molecule has 1 aromatic rings. The Balaban J connectivity index is 1.93. The molecule has 1 fully saturated rings. The van der Waals surface area contributed by atoms with Crippen molar-refractivity contribution in [3.8, 4) is 0 Å². The molecule has 0 bridgehead atoms. The molecule has 15 heavy (non-hydrogen) atoms. The van der Waals surface area contributed by atoms with Crippen LogP contribution < -0.4 is 0 Å². The van der Waals surface area contributed by atoms with Crippen LogP contribution in [0.2, 0.25) is 4.34 Å². The molecule has 0 aromatic carbocycles. The summed E-state index contributed by atoms with van der Waals surface area (Å²) in [5, 5.41) is 12.7. The zero-order valence-electron chi connectivity index (χ0n) is 7.89. The first kappa shape index (κ1) is 10.8. The number of halogens is 1. The number of likely N-dealkylation sites (tertiary alicyclic amines) is 1. The Morgan fingerprint density at radius 2 is 2.53 bits per heavy atom. The smallest absolute Gasteiger partial charge is 0.307 e. The minimum atomic E-state index is -0.722. The second kappa shape index (κ2) is 4.42. The first-order chi connectivity index (χ1) is 7.16. The van der Waals surface area contributed by atoms with Crippen molar-refractivity contribution in [1.29, 1.82) is 0 Å². The van der Waals surface area contributed by atoms with E-state index in [2.05, 4.69) is 9.59 Å². The summed E-state index contributed by atoms with van der Waals surface area (Å²) in [5.41, 5.74) is 0.743. The van der Waals surface area contributed by atoms with E-state index in [1.54, 1.807) is 0 Å². The zero-order valence-corrected chi connectivity index (χ0v) is 9.46. The van der Waals surface area contributed by atoms with Crippen molar-refractivity contribution in [3.63, 3.8) is 0 Å². The highest BCUT2D eigenvalue weighted by atomic mass is 35.5. The lowest BCUT2D eigenvalue weighted by molar-refractivity contribution is -0.141. The van der Waals surface area contributed by atoms with Gasteiger partial charge in [-0.1, -0.05) is 16.1 Å². The van der Waals surface area contributed by atoms with Gasteiger partial charge >= 0.3 is 5.97 Å². The molecule has 0 amide bonds. The summed E-state index contributed by atoms with van der Waals surface area (Å²) in [5.74, 6) is -0.977. The van der Waals surface area contributed by atoms with Crippen LogP contribution in [0.25, 0.3) is 0 Å². The summed E-state index contributed by atoms with van der Waals surface area (Å²) < 4.78 is 4.33. The number of hydrogen-bond donors (Lipinski definition) is 1. The van der Waals surface area contributed by atoms with Crippen LogP contribution in [0.1, 0.15) is 12.1 Å². The number of aromatic nitrogens is 2. The van der Waals surface area contributed by atoms with E-state index in [1.807, 2.05) is 4.90 Å². The Morgan fingerprint density at radius 3 is 3.07 bits per heavy atom. The molecular weight excluding hydrogens is 238 g/mol. The molecule has 0 saturated carbocycles. The van der Waals surface area contributed by atoms with Crippen LogP contribution in [0.15, 0.2) is 0 Å². The van der Waals surface area contributed by atoms with E-state index in [-0.39, 0.29) is 5.92 Å². The summed E-state index contributed by atoms with van der Waals surface area (Å²) in [6, 6.07) is 0. The van der Waals surface area contributed by atoms with Gasteiger partial charge in [0.05, 0.1) is 5.92 Å². The molecule has 1 aromatic heterocycles. The fourth-order valence-corrected chi connectivity index (χ4v) is 2.29. The lowest BCUT2D eigenvalue weighted by atomic mass is 10.1. The Hall–Kier alpha value is -0.720. The third-order valence-corrected chi connectivity index (χ3v) is 3.49. The van der Waals surface area contributed by atoms with Crippen LogP contribution in [-0.4, -0.2) is 38.7 Å². The van der Waals surface area contributed by atoms with Gasteiger partial charge in [-0.15, -0.1) is 5.10 Å². The van der Waals surface area contributed by atoms with Crippen molar-refractivity contribution < 1.29 is 9.90 Å². The molecule has 1 saturated heterocycles. The number of rotatable bonds is 3. The Bertz CT molecular complexity index is 371. The molecule has 0 radical (unpaired) electrons. The predicted octanol–water partition coefficient (Wildman–Crippen LogP) is 1.10. The highest BCUT2D eigenvalue weighted by Gasteiger charge is 2.28. The Labute approximate surface area is 95.8 Å². The van der Waals surface area contributed by atoms with Gasteiger partial charge in [-0.05, 0) is 13.0 Å². The van der Waals surface area contributed by atoms with Crippen LogP contribution in [0.3, 0.4) is 0 Å². The van der Waals surface area contributed by atoms with E-state index in [1.165, 1.54) is 0 Å². The molecule has 1 N–H and O–H groups in total. The number of carboxylic acid groups (broad SMARTS) is 1. The molecule has 1 aliphatic rings. The second-order valence-corrected chi connectivity index (χ2v) is 4.91. The van der Waals surface area contributed by atoms with E-state index >= 15 is 0 Å². The van der Waals surface area contributed by atoms with E-state index in [0.29, 0.717) is 23.8 Å². The minimum Gasteiger partial charge on any atom is -0.481 e. The maximum Gasteiger partial charge on any atom is 0.307 e. The molecule has 1 aliphatic heterocycles. The average molecular weight is 248 g/mol. The molecule has 2 rings (SSSR count). The largest absolute Gasteiger partial charge is 0.481 e. The fraction of sp³-hybridized carbons (Fsp3) is 0.625. The Kier molecular flexibility index (Phi) is 3.18. The van der Waals surface area contributed by atoms with Crippen molar-refractivity contribution in [2.75, 3.05) is 13.1 Å². The van der Waals surface area contributed by atoms with Gasteiger partial charge in [-0.2, -0.15) is 0 Å². The van der Waals surface area contributed by atoms with Crippen LogP contribution in [0.5, 0.6) is 0 Å². The van der Waals surface area contributed by atoms with Gasteiger partial charge < -0.3 is 5.11 Å². The van der Waals surface area contributed by atoms with Gasteiger partial charge in [-0.25, -0.2) is 0 Å². The average Bonchev–Trinajstić information content (AvgIpc) is 2.77. The number of aliphatic carboxylic acids is 1. The summed E-state index contributed by atoms with van der Waals surface area (Å²) in [6.07, 6.45) is 0.699. The van der Waals surface area contributed by atoms with Crippen LogP contribution in [-0.2, 0) is 11.3 Å². The maximum absolute atomic E-state index is 10.7. The predicted molar refractivity (Wildman–Crippen MR) is 55.9 cm³/mol. The lowest BCUT2D eigenvalue weighted by Crippen LogP contribution is -2.23. The minimum absolute atomic E-state index is 0.254. The number of hydrogen-bond acceptors (Lipinski definition) is 5. The van der Waals surface area contributed by atoms with Crippen LogP contribution in [0, 0.1) is 5.92 Å². The molecule has 82 valence electrons. The first-order valence-corrected chi connectivity index (χ1v) is 5.74. The molecule has 5 nitrogen and oxygen atoms in total. The van der Waals surface area contributed by atoms with Gasteiger partial charge in [0.1, 0.15) is 10.0 Å². The van der Waals surface area contributed by atoms with Crippen molar-refractivity contribution in [1.82, 2.24) is 14.5 Å². The van der Waals surface area contributed by atoms with Crippen LogP contribution in [0.4, 0.5) is 0 Å². The summed E-state index contributed by atoms with van der Waals surface area (Å²) in [7, 11) is 0. The molecule has 2 heterocycles. The third-order valence-electron chi connectivity index (χ3n) is 2.50. The number of nitrogens with zero attached hydrogens (tertiary/aromatic N) is 3. The van der Waals surface area contributed by atoms with Gasteiger partial charge in [0, 0.05) is 24.6 Å². The second-order valence-electron chi connectivity index (χ2n) is 3.55. The maximum atomic E-state index is 10.7. The molecule has 0 aliphatic carbocycles. The van der Waals surface area contributed by atoms with Gasteiger partial charge in [0.15, 0.2) is 0 Å². The highest BCUT2D eigenvalue weighted by Crippen LogP contribution is 2.23. The topological polar surface area (TPSA) is 66.3 Å². The van der Waals surface area contributed by atoms with Gasteiger partial charge in [0.25, 0.3) is 0 Å². The van der Waals surface area contributed by atoms with E-state index in [4.69, 9.17) is 16.7 Å². The number of carbonyl (C=O) groups is 1. The SMILES string of the molecule is O=C(O)C1CCN(Cc2nnsc2Cl)C1. The first-order valence-electron chi connectivity index (χ1n) is 4.58. The highest BCUT2D eigenvalue weighted by molar-refractivity contribution is 7.10. The summed E-state index contributed by atoms with van der Waals surface area (Å²) >= 11 is 7.02. The molecular formula is C8H10ClN3O2S. The molecule has 0 spiro atoms. The van der Waals surface area contributed by atoms with E-state index in [0.717, 1.165) is 23.8 Å². The normalized spacial score (nSPS) is 22.1. The quantitative estimate of drug-likeness (QED) is 0.866. The Morgan fingerprint density at radius 1 is 1.73 bits per heavy atom. The van der Waals surface area contributed by atoms with Crippen molar-refractivity contribution in [2.24, 2.45) is 5.92 Å². The zero-order chi connectivity index (χ0) is 10.8. The van der Waals surface area contributed by atoms with E-state index in [9.17, 15) is 4.79 Å². The lowest BCUT2D eigenvalue weighted by Gasteiger charge is -2.12. The molecule has 7 heteroatoms. The van der Waals surface area contributed by atoms with Crippen molar-refractivity contribution in [3.05, 3.63) is 10.0 Å².